The van der Waals surface area contributed by atoms with E-state index >= 15 is 0 Å². The zero-order valence-electron chi connectivity index (χ0n) is 14.7. The Labute approximate surface area is 153 Å². The largest absolute Gasteiger partial charge is 0.268 e. The van der Waals surface area contributed by atoms with Crippen molar-refractivity contribution in [3.63, 3.8) is 0 Å². The number of aromatic nitrogens is 3. The quantitative estimate of drug-likeness (QED) is 0.520. The Morgan fingerprint density at radius 1 is 0.808 bits per heavy atom. The summed E-state index contributed by atoms with van der Waals surface area (Å²) in [5.41, 5.74) is 9.47. The third-order valence-electron chi connectivity index (χ3n) is 5.13. The highest BCUT2D eigenvalue weighted by molar-refractivity contribution is 5.85. The first-order valence-corrected chi connectivity index (χ1v) is 8.97. The zero-order valence-corrected chi connectivity index (χ0v) is 14.7. The van der Waals surface area contributed by atoms with Crippen LogP contribution in [0.25, 0.3) is 33.6 Å². The van der Waals surface area contributed by atoms with Crippen molar-refractivity contribution >= 4 is 0 Å². The normalized spacial score (nSPS) is 12.5. The van der Waals surface area contributed by atoms with Crippen LogP contribution in [0.5, 0.6) is 0 Å². The Kier molecular flexibility index (Phi) is 3.45. The van der Waals surface area contributed by atoms with Gasteiger partial charge in [-0.15, -0.1) is 0 Å². The molecule has 0 aliphatic heterocycles. The van der Waals surface area contributed by atoms with Crippen molar-refractivity contribution in [1.29, 1.82) is 0 Å². The number of pyridine rings is 1. The highest BCUT2D eigenvalue weighted by atomic mass is 15.3. The van der Waals surface area contributed by atoms with Crippen LogP contribution >= 0.6 is 0 Å². The van der Waals surface area contributed by atoms with Gasteiger partial charge in [0.2, 0.25) is 0 Å². The van der Waals surface area contributed by atoms with Crippen molar-refractivity contribution in [2.75, 3.05) is 0 Å². The molecule has 0 saturated carbocycles. The van der Waals surface area contributed by atoms with E-state index in [1.807, 2.05) is 24.0 Å². The van der Waals surface area contributed by atoms with Crippen LogP contribution < -0.4 is 0 Å². The van der Waals surface area contributed by atoms with Gasteiger partial charge in [-0.3, -0.25) is 9.67 Å². The molecule has 0 fully saturated rings. The molecule has 0 bridgehead atoms. The van der Waals surface area contributed by atoms with Crippen molar-refractivity contribution in [3.8, 4) is 33.6 Å². The molecule has 26 heavy (non-hydrogen) atoms. The Balaban J connectivity index is 1.81. The summed E-state index contributed by atoms with van der Waals surface area (Å²) in [5.74, 6) is 0. The predicted molar refractivity (Wildman–Crippen MR) is 105 cm³/mol. The van der Waals surface area contributed by atoms with Crippen LogP contribution in [0.1, 0.15) is 11.3 Å². The standard InChI is InChI=1S/C23H19N3/c1-26-23-18(15-24-26)12-13-21-20(23)14-19(16-8-4-2-5-9-16)22(25-21)17-10-6-3-7-11-17/h2-11,14-15H,12-13H2,1H3. The van der Waals surface area contributed by atoms with E-state index in [1.54, 1.807) is 0 Å². The van der Waals surface area contributed by atoms with Crippen LogP contribution in [0, 0.1) is 0 Å². The van der Waals surface area contributed by atoms with Crippen LogP contribution in [0.15, 0.2) is 72.9 Å². The molecule has 3 heteroatoms. The molecule has 2 aromatic heterocycles. The maximum absolute atomic E-state index is 5.14. The van der Waals surface area contributed by atoms with Gasteiger partial charge < -0.3 is 0 Å². The lowest BCUT2D eigenvalue weighted by molar-refractivity contribution is 0.769. The minimum absolute atomic E-state index is 0.961. The molecule has 0 N–H and O–H groups in total. The highest BCUT2D eigenvalue weighted by Gasteiger charge is 2.23. The van der Waals surface area contributed by atoms with E-state index in [2.05, 4.69) is 65.8 Å². The third-order valence-corrected chi connectivity index (χ3v) is 5.13. The van der Waals surface area contributed by atoms with E-state index in [0.29, 0.717) is 0 Å². The fourth-order valence-corrected chi connectivity index (χ4v) is 3.87. The van der Waals surface area contributed by atoms with Crippen LogP contribution in [0.2, 0.25) is 0 Å². The topological polar surface area (TPSA) is 30.7 Å². The summed E-state index contributed by atoms with van der Waals surface area (Å²) in [6, 6.07) is 23.3. The second kappa shape index (κ2) is 5.95. The van der Waals surface area contributed by atoms with Crippen molar-refractivity contribution in [2.24, 2.45) is 7.05 Å². The predicted octanol–water partition coefficient (Wildman–Crippen LogP) is 4.91. The monoisotopic (exact) mass is 337 g/mol. The lowest BCUT2D eigenvalue weighted by atomic mass is 9.89. The molecular formula is C23H19N3. The summed E-state index contributed by atoms with van der Waals surface area (Å²) in [5, 5.41) is 4.47. The first kappa shape index (κ1) is 15.1. The number of aryl methyl sites for hydroxylation is 3. The van der Waals surface area contributed by atoms with Crippen LogP contribution in [-0.4, -0.2) is 14.8 Å². The first-order chi connectivity index (χ1) is 12.8. The van der Waals surface area contributed by atoms with Crippen LogP contribution in [0.4, 0.5) is 0 Å². The SMILES string of the molecule is Cn1ncc2c1-c1cc(-c3ccccc3)c(-c3ccccc3)nc1CC2. The molecule has 1 aliphatic carbocycles. The molecule has 2 heterocycles. The number of benzene rings is 2. The Morgan fingerprint density at radius 3 is 2.23 bits per heavy atom. The van der Waals surface area contributed by atoms with E-state index in [-0.39, 0.29) is 0 Å². The molecule has 1 aliphatic rings. The van der Waals surface area contributed by atoms with Crippen molar-refractivity contribution in [2.45, 2.75) is 12.8 Å². The van der Waals surface area contributed by atoms with E-state index in [1.165, 1.54) is 33.6 Å². The second-order valence-electron chi connectivity index (χ2n) is 6.75. The molecule has 0 saturated heterocycles. The smallest absolute Gasteiger partial charge is 0.0784 e. The molecule has 0 atom stereocenters. The summed E-state index contributed by atoms with van der Waals surface area (Å²) < 4.78 is 1.98. The molecule has 4 aromatic rings. The molecule has 2 aromatic carbocycles. The fourth-order valence-electron chi connectivity index (χ4n) is 3.87. The molecule has 126 valence electrons. The van der Waals surface area contributed by atoms with Crippen molar-refractivity contribution in [3.05, 3.63) is 84.2 Å². The van der Waals surface area contributed by atoms with Gasteiger partial charge in [-0.05, 0) is 30.0 Å². The van der Waals surface area contributed by atoms with Crippen molar-refractivity contribution in [1.82, 2.24) is 14.8 Å². The summed E-state index contributed by atoms with van der Waals surface area (Å²) in [6.45, 7) is 0. The van der Waals surface area contributed by atoms with Gasteiger partial charge in [0.1, 0.15) is 0 Å². The van der Waals surface area contributed by atoms with E-state index in [9.17, 15) is 0 Å². The average molecular weight is 337 g/mol. The van der Waals surface area contributed by atoms with Gasteiger partial charge in [0.15, 0.2) is 0 Å². The van der Waals surface area contributed by atoms with E-state index in [0.717, 1.165) is 24.1 Å². The fraction of sp³-hybridized carbons (Fsp3) is 0.130. The van der Waals surface area contributed by atoms with Gasteiger partial charge in [0.05, 0.1) is 23.3 Å². The second-order valence-corrected chi connectivity index (χ2v) is 6.75. The average Bonchev–Trinajstić information content (AvgIpc) is 3.09. The van der Waals surface area contributed by atoms with Gasteiger partial charge in [-0.2, -0.15) is 5.10 Å². The lowest BCUT2D eigenvalue weighted by Gasteiger charge is -2.20. The number of hydrogen-bond acceptors (Lipinski definition) is 2. The number of nitrogens with zero attached hydrogens (tertiary/aromatic N) is 3. The minimum Gasteiger partial charge on any atom is -0.268 e. The highest BCUT2D eigenvalue weighted by Crippen LogP contribution is 2.39. The first-order valence-electron chi connectivity index (χ1n) is 8.97. The van der Waals surface area contributed by atoms with Gasteiger partial charge in [-0.25, -0.2) is 0 Å². The lowest BCUT2D eigenvalue weighted by Crippen LogP contribution is -2.09. The van der Waals surface area contributed by atoms with E-state index in [4.69, 9.17) is 4.98 Å². The Hall–Kier alpha value is -3.20. The molecule has 0 radical (unpaired) electrons. The minimum atomic E-state index is 0.961. The summed E-state index contributed by atoms with van der Waals surface area (Å²) in [4.78, 5) is 5.14. The number of hydrogen-bond donors (Lipinski definition) is 0. The number of fused-ring (bicyclic) bond motifs is 3. The summed E-state index contributed by atoms with van der Waals surface area (Å²) >= 11 is 0. The summed E-state index contributed by atoms with van der Waals surface area (Å²) in [7, 11) is 2.02. The van der Waals surface area contributed by atoms with Crippen LogP contribution in [0.3, 0.4) is 0 Å². The van der Waals surface area contributed by atoms with Gasteiger partial charge in [0, 0.05) is 23.7 Å². The number of rotatable bonds is 2. The Morgan fingerprint density at radius 2 is 1.50 bits per heavy atom. The molecule has 0 unspecified atom stereocenters. The Bertz CT molecular complexity index is 1080. The zero-order chi connectivity index (χ0) is 17.5. The van der Waals surface area contributed by atoms with Gasteiger partial charge >= 0.3 is 0 Å². The molecule has 0 amide bonds. The molecule has 3 nitrogen and oxygen atoms in total. The maximum Gasteiger partial charge on any atom is 0.0784 e. The molecular weight excluding hydrogens is 318 g/mol. The van der Waals surface area contributed by atoms with Gasteiger partial charge in [0.25, 0.3) is 0 Å². The van der Waals surface area contributed by atoms with E-state index < -0.39 is 0 Å². The van der Waals surface area contributed by atoms with Gasteiger partial charge in [-0.1, -0.05) is 60.7 Å². The maximum atomic E-state index is 5.14. The van der Waals surface area contributed by atoms with Crippen molar-refractivity contribution < 1.29 is 0 Å². The molecule has 0 spiro atoms. The molecule has 5 rings (SSSR count). The third kappa shape index (κ3) is 2.36. The van der Waals surface area contributed by atoms with Crippen LogP contribution in [-0.2, 0) is 19.9 Å². The summed E-state index contributed by atoms with van der Waals surface area (Å²) in [6.07, 6.45) is 3.95.